The Hall–Kier alpha value is -1.44. The van der Waals surface area contributed by atoms with Crippen molar-refractivity contribution in [3.63, 3.8) is 0 Å². The van der Waals surface area contributed by atoms with Crippen molar-refractivity contribution in [3.8, 4) is 5.75 Å². The Bertz CT molecular complexity index is 587. The maximum Gasteiger partial charge on any atom is 0.279 e. The van der Waals surface area contributed by atoms with E-state index in [9.17, 15) is 9.59 Å². The number of nitrogens with zero attached hydrogens (tertiary/aromatic N) is 1. The van der Waals surface area contributed by atoms with Gasteiger partial charge in [-0.05, 0) is 6.07 Å². The highest BCUT2D eigenvalue weighted by molar-refractivity contribution is 8.14. The summed E-state index contributed by atoms with van der Waals surface area (Å²) in [6, 6.07) is 7.24. The fraction of sp³-hybridized carbons (Fsp3) is 0.467. The summed E-state index contributed by atoms with van der Waals surface area (Å²) < 4.78 is 5.43. The minimum absolute atomic E-state index is 0. The van der Waals surface area contributed by atoms with Gasteiger partial charge in [0.15, 0.2) is 0 Å². The second-order valence-electron chi connectivity index (χ2n) is 5.29. The first-order valence-corrected chi connectivity index (χ1v) is 8.26. The van der Waals surface area contributed by atoms with E-state index in [1.54, 1.807) is 7.11 Å². The number of ether oxygens (including phenoxy) is 1. The number of thioether (sulfide) groups is 1. The van der Waals surface area contributed by atoms with Gasteiger partial charge in [-0.15, -0.1) is 12.4 Å². The van der Waals surface area contributed by atoms with Crippen molar-refractivity contribution in [3.05, 3.63) is 29.8 Å². The van der Waals surface area contributed by atoms with E-state index < -0.39 is 6.04 Å². The summed E-state index contributed by atoms with van der Waals surface area (Å²) in [6.45, 7) is 2.06. The molecule has 6 nitrogen and oxygen atoms in total. The van der Waals surface area contributed by atoms with E-state index in [0.717, 1.165) is 29.6 Å². The van der Waals surface area contributed by atoms with Crippen LogP contribution in [0.4, 0.5) is 4.79 Å². The summed E-state index contributed by atoms with van der Waals surface area (Å²) in [5.41, 5.74) is 0.988. The lowest BCUT2D eigenvalue weighted by Gasteiger charge is -2.38. The molecule has 2 fully saturated rings. The molecule has 23 heavy (non-hydrogen) atoms. The van der Waals surface area contributed by atoms with Crippen LogP contribution in [0, 0.1) is 0 Å². The van der Waals surface area contributed by atoms with E-state index in [-0.39, 0.29) is 29.6 Å². The van der Waals surface area contributed by atoms with Crippen LogP contribution in [0.2, 0.25) is 0 Å². The maximum atomic E-state index is 12.8. The highest BCUT2D eigenvalue weighted by Gasteiger charge is 2.36. The van der Waals surface area contributed by atoms with E-state index in [1.807, 2.05) is 29.2 Å². The molecule has 2 N–H and O–H groups in total. The summed E-state index contributed by atoms with van der Waals surface area (Å²) in [6.07, 6.45) is 0. The number of nitrogens with one attached hydrogen (secondary N) is 2. The molecule has 1 unspecified atom stereocenters. The van der Waals surface area contributed by atoms with Crippen LogP contribution >= 0.6 is 24.2 Å². The number of para-hydroxylation sites is 1. The fourth-order valence-electron chi connectivity index (χ4n) is 2.91. The molecular formula is C15H20ClN3O3S. The van der Waals surface area contributed by atoms with Gasteiger partial charge in [-0.25, -0.2) is 0 Å². The Morgan fingerprint density at radius 2 is 2.17 bits per heavy atom. The Morgan fingerprint density at radius 3 is 2.87 bits per heavy atom. The van der Waals surface area contributed by atoms with E-state index in [0.29, 0.717) is 18.8 Å². The van der Waals surface area contributed by atoms with Crippen molar-refractivity contribution < 1.29 is 14.3 Å². The minimum atomic E-state index is -0.423. The van der Waals surface area contributed by atoms with Gasteiger partial charge in [0.2, 0.25) is 5.91 Å². The van der Waals surface area contributed by atoms with Crippen LogP contribution in [0.25, 0.3) is 0 Å². The Kier molecular flexibility index (Phi) is 6.15. The normalized spacial score (nSPS) is 23.9. The second-order valence-corrected chi connectivity index (χ2v) is 6.28. The lowest BCUT2D eigenvalue weighted by molar-refractivity contribution is -0.135. The van der Waals surface area contributed by atoms with Gasteiger partial charge in [0.1, 0.15) is 11.8 Å². The first-order chi connectivity index (χ1) is 10.7. The molecule has 2 amide bonds. The zero-order chi connectivity index (χ0) is 15.5. The Balaban J connectivity index is 0.00000192. The van der Waals surface area contributed by atoms with Gasteiger partial charge >= 0.3 is 0 Å². The number of hydrogen-bond donors (Lipinski definition) is 2. The molecule has 2 aliphatic heterocycles. The molecule has 3 rings (SSSR count). The summed E-state index contributed by atoms with van der Waals surface area (Å²) in [4.78, 5) is 26.0. The Morgan fingerprint density at radius 1 is 1.39 bits per heavy atom. The average Bonchev–Trinajstić information content (AvgIpc) is 3.00. The lowest BCUT2D eigenvalue weighted by Crippen LogP contribution is -2.54. The maximum absolute atomic E-state index is 12.8. The SMILES string of the molecule is COc1ccccc1C1CNCCN1C(=O)[C@@H]1CSC(=O)N1.Cl. The molecule has 2 heterocycles. The summed E-state index contributed by atoms with van der Waals surface area (Å²) in [5.74, 6) is 1.26. The molecule has 2 atom stereocenters. The average molecular weight is 358 g/mol. The highest BCUT2D eigenvalue weighted by Crippen LogP contribution is 2.31. The molecule has 0 aromatic heterocycles. The van der Waals surface area contributed by atoms with E-state index in [4.69, 9.17) is 4.74 Å². The minimum Gasteiger partial charge on any atom is -0.496 e. The van der Waals surface area contributed by atoms with E-state index >= 15 is 0 Å². The number of carbonyl (C=O) groups excluding carboxylic acids is 2. The third-order valence-electron chi connectivity index (χ3n) is 4.00. The molecule has 8 heteroatoms. The summed E-state index contributed by atoms with van der Waals surface area (Å²) in [7, 11) is 1.63. The number of benzene rings is 1. The van der Waals surface area contributed by atoms with Crippen LogP contribution in [0.3, 0.4) is 0 Å². The largest absolute Gasteiger partial charge is 0.496 e. The molecule has 0 radical (unpaired) electrons. The number of piperazine rings is 1. The standard InChI is InChI=1S/C15H19N3O3S.ClH/c1-21-13-5-3-2-4-10(13)12-8-16-6-7-18(12)14(19)11-9-22-15(20)17-11;/h2-5,11-12,16H,6-9H2,1H3,(H,17,20);1H/t11-,12?;/m0./s1. The number of halogens is 1. The van der Waals surface area contributed by atoms with E-state index in [2.05, 4.69) is 10.6 Å². The van der Waals surface area contributed by atoms with Gasteiger partial charge in [-0.2, -0.15) is 0 Å². The van der Waals surface area contributed by atoms with Crippen LogP contribution in [0.5, 0.6) is 5.75 Å². The topological polar surface area (TPSA) is 70.7 Å². The quantitative estimate of drug-likeness (QED) is 0.856. The summed E-state index contributed by atoms with van der Waals surface area (Å²) >= 11 is 1.16. The Labute approximate surface area is 145 Å². The molecule has 0 spiro atoms. The number of amides is 2. The van der Waals surface area contributed by atoms with Crippen molar-refractivity contribution in [1.29, 1.82) is 0 Å². The second kappa shape index (κ2) is 7.90. The molecular weight excluding hydrogens is 338 g/mol. The monoisotopic (exact) mass is 357 g/mol. The van der Waals surface area contributed by atoms with Crippen LogP contribution in [-0.2, 0) is 4.79 Å². The van der Waals surface area contributed by atoms with Gasteiger partial charge in [0.25, 0.3) is 5.24 Å². The van der Waals surface area contributed by atoms with Crippen molar-refractivity contribution in [2.24, 2.45) is 0 Å². The molecule has 1 aromatic rings. The zero-order valence-corrected chi connectivity index (χ0v) is 14.4. The van der Waals surface area contributed by atoms with Gasteiger partial charge in [-0.3, -0.25) is 9.59 Å². The molecule has 0 bridgehead atoms. The van der Waals surface area contributed by atoms with Crippen LogP contribution in [0.1, 0.15) is 11.6 Å². The van der Waals surface area contributed by atoms with Gasteiger partial charge < -0.3 is 20.3 Å². The van der Waals surface area contributed by atoms with Crippen molar-refractivity contribution >= 4 is 35.3 Å². The predicted molar refractivity (Wildman–Crippen MR) is 92.3 cm³/mol. The lowest BCUT2D eigenvalue weighted by atomic mass is 10.0. The van der Waals surface area contributed by atoms with Gasteiger partial charge in [-0.1, -0.05) is 30.0 Å². The molecule has 2 saturated heterocycles. The number of rotatable bonds is 3. The number of methoxy groups -OCH3 is 1. The van der Waals surface area contributed by atoms with Gasteiger partial charge in [0.05, 0.1) is 13.2 Å². The molecule has 126 valence electrons. The van der Waals surface area contributed by atoms with Crippen LogP contribution in [0.15, 0.2) is 24.3 Å². The molecule has 0 saturated carbocycles. The summed E-state index contributed by atoms with van der Waals surface area (Å²) in [5, 5.41) is 5.94. The zero-order valence-electron chi connectivity index (χ0n) is 12.8. The molecule has 1 aromatic carbocycles. The number of hydrogen-bond acceptors (Lipinski definition) is 5. The smallest absolute Gasteiger partial charge is 0.279 e. The van der Waals surface area contributed by atoms with Crippen LogP contribution in [-0.4, -0.2) is 54.6 Å². The van der Waals surface area contributed by atoms with Gasteiger partial charge in [0, 0.05) is 31.0 Å². The van der Waals surface area contributed by atoms with Crippen molar-refractivity contribution in [1.82, 2.24) is 15.5 Å². The fourth-order valence-corrected chi connectivity index (χ4v) is 3.68. The van der Waals surface area contributed by atoms with Crippen molar-refractivity contribution in [2.45, 2.75) is 12.1 Å². The third kappa shape index (κ3) is 3.73. The van der Waals surface area contributed by atoms with Crippen LogP contribution < -0.4 is 15.4 Å². The third-order valence-corrected chi connectivity index (χ3v) is 4.88. The van der Waals surface area contributed by atoms with E-state index in [1.165, 1.54) is 0 Å². The van der Waals surface area contributed by atoms with Crippen molar-refractivity contribution in [2.75, 3.05) is 32.5 Å². The molecule has 0 aliphatic carbocycles. The molecule has 2 aliphatic rings. The number of carbonyl (C=O) groups is 2. The predicted octanol–water partition coefficient (Wildman–Crippen LogP) is 1.41. The first-order valence-electron chi connectivity index (χ1n) is 7.28. The highest BCUT2D eigenvalue weighted by atomic mass is 35.5. The first kappa shape index (κ1) is 17.9.